The summed E-state index contributed by atoms with van der Waals surface area (Å²) in [6.45, 7) is 6.49. The number of anilines is 2. The summed E-state index contributed by atoms with van der Waals surface area (Å²) in [7, 11) is 0. The average Bonchev–Trinajstić information content (AvgIpc) is 2.97. The predicted molar refractivity (Wildman–Crippen MR) is 98.0 cm³/mol. The number of nitrogens with one attached hydrogen (secondary N) is 1. The van der Waals surface area contributed by atoms with Crippen LogP contribution in [0.5, 0.6) is 0 Å². The third-order valence-electron chi connectivity index (χ3n) is 4.26. The molecule has 1 amide bonds. The van der Waals surface area contributed by atoms with Gasteiger partial charge in [-0.15, -0.1) is 0 Å². The minimum atomic E-state index is -0.369. The predicted octanol–water partition coefficient (Wildman–Crippen LogP) is 4.28. The summed E-state index contributed by atoms with van der Waals surface area (Å²) in [6.07, 6.45) is 1.27. The van der Waals surface area contributed by atoms with E-state index in [0.29, 0.717) is 23.4 Å². The molecule has 3 rings (SSSR count). The minimum absolute atomic E-state index is 0.0272. The Balaban J connectivity index is 1.81. The van der Waals surface area contributed by atoms with Gasteiger partial charge in [0.1, 0.15) is 12.4 Å². The van der Waals surface area contributed by atoms with Crippen molar-refractivity contribution in [3.63, 3.8) is 0 Å². The number of amides is 1. The molecule has 1 saturated heterocycles. The maximum absolute atomic E-state index is 12.1. The smallest absolute Gasteiger partial charge is 0.415 e. The Labute approximate surface area is 152 Å². The fraction of sp³-hybridized carbons (Fsp3) is 0.389. The lowest BCUT2D eigenvalue weighted by molar-refractivity contribution is 0.177. The van der Waals surface area contributed by atoms with E-state index in [2.05, 4.69) is 29.1 Å². The number of aromatic nitrogens is 2. The molecule has 2 unspecified atom stereocenters. The van der Waals surface area contributed by atoms with Gasteiger partial charge in [0.15, 0.2) is 0 Å². The van der Waals surface area contributed by atoms with Crippen LogP contribution in [-0.4, -0.2) is 28.7 Å². The van der Waals surface area contributed by atoms with Crippen LogP contribution in [0.15, 0.2) is 36.5 Å². The first kappa shape index (κ1) is 17.5. The Morgan fingerprint density at radius 1 is 1.32 bits per heavy atom. The van der Waals surface area contributed by atoms with Crippen molar-refractivity contribution in [1.82, 2.24) is 9.97 Å². The van der Waals surface area contributed by atoms with E-state index >= 15 is 0 Å². The van der Waals surface area contributed by atoms with Gasteiger partial charge in [0, 0.05) is 11.2 Å². The molecule has 2 aromatic rings. The van der Waals surface area contributed by atoms with Crippen molar-refractivity contribution < 1.29 is 9.53 Å². The fourth-order valence-electron chi connectivity index (χ4n) is 2.80. The molecule has 1 aromatic carbocycles. The minimum Gasteiger partial charge on any atom is -0.447 e. The number of ether oxygens (including phenoxy) is 1. The van der Waals surface area contributed by atoms with Crippen LogP contribution < -0.4 is 10.2 Å². The molecule has 0 bridgehead atoms. The van der Waals surface area contributed by atoms with Crippen molar-refractivity contribution in [3.05, 3.63) is 47.1 Å². The van der Waals surface area contributed by atoms with Crippen LogP contribution in [0.25, 0.3) is 0 Å². The summed E-state index contributed by atoms with van der Waals surface area (Å²) in [5.41, 5.74) is 1.03. The molecule has 2 heterocycles. The molecular weight excluding hydrogens is 340 g/mol. The number of hydrogen-bond donors (Lipinski definition) is 1. The zero-order valence-corrected chi connectivity index (χ0v) is 15.2. The summed E-state index contributed by atoms with van der Waals surface area (Å²) in [4.78, 5) is 22.4. The molecule has 7 heteroatoms. The number of halogens is 1. The molecule has 25 heavy (non-hydrogen) atoms. The molecule has 1 fully saturated rings. The number of carbonyl (C=O) groups is 1. The van der Waals surface area contributed by atoms with E-state index in [1.54, 1.807) is 17.2 Å². The first-order chi connectivity index (χ1) is 12.0. The number of nitrogens with zero attached hydrogens (tertiary/aromatic N) is 3. The molecule has 0 spiro atoms. The maximum atomic E-state index is 12.1. The lowest BCUT2D eigenvalue weighted by Crippen LogP contribution is -2.37. The van der Waals surface area contributed by atoms with Gasteiger partial charge >= 0.3 is 6.09 Å². The third kappa shape index (κ3) is 3.85. The van der Waals surface area contributed by atoms with E-state index in [-0.39, 0.29) is 24.1 Å². The van der Waals surface area contributed by atoms with Gasteiger partial charge in [-0.05, 0) is 36.6 Å². The van der Waals surface area contributed by atoms with E-state index in [0.717, 1.165) is 5.56 Å². The second-order valence-corrected chi connectivity index (χ2v) is 6.85. The average molecular weight is 361 g/mol. The van der Waals surface area contributed by atoms with Crippen LogP contribution in [0, 0.1) is 5.92 Å². The number of cyclic esters (lactones) is 1. The SMILES string of the molecule is CC(Nc1nccc(N2C(=O)OCC2C(C)C)n1)c1cccc(Cl)c1. The Morgan fingerprint density at radius 3 is 2.84 bits per heavy atom. The highest BCUT2D eigenvalue weighted by atomic mass is 35.5. The molecule has 0 radical (unpaired) electrons. The lowest BCUT2D eigenvalue weighted by Gasteiger charge is -2.23. The van der Waals surface area contributed by atoms with E-state index in [4.69, 9.17) is 16.3 Å². The largest absolute Gasteiger partial charge is 0.447 e. The molecule has 2 atom stereocenters. The first-order valence-corrected chi connectivity index (χ1v) is 8.64. The number of benzene rings is 1. The van der Waals surface area contributed by atoms with Gasteiger partial charge in [-0.3, -0.25) is 4.90 Å². The van der Waals surface area contributed by atoms with Gasteiger partial charge in [0.2, 0.25) is 5.95 Å². The Hall–Kier alpha value is -2.34. The van der Waals surface area contributed by atoms with E-state index < -0.39 is 0 Å². The lowest BCUT2D eigenvalue weighted by atomic mass is 10.0. The van der Waals surface area contributed by atoms with Crippen molar-refractivity contribution >= 4 is 29.5 Å². The summed E-state index contributed by atoms with van der Waals surface area (Å²) < 4.78 is 5.19. The molecule has 0 saturated carbocycles. The second kappa shape index (κ2) is 7.27. The van der Waals surface area contributed by atoms with Crippen LogP contribution in [0.4, 0.5) is 16.6 Å². The van der Waals surface area contributed by atoms with E-state index in [9.17, 15) is 4.79 Å². The molecule has 1 aromatic heterocycles. The van der Waals surface area contributed by atoms with Crippen molar-refractivity contribution in [2.75, 3.05) is 16.8 Å². The standard InChI is InChI=1S/C18H21ClN4O2/c1-11(2)15-10-25-18(24)23(15)16-7-8-20-17(22-16)21-12(3)13-5-4-6-14(19)9-13/h4-9,11-12,15H,10H2,1-3H3,(H,20,21,22). The van der Waals surface area contributed by atoms with Crippen molar-refractivity contribution in [3.8, 4) is 0 Å². The van der Waals surface area contributed by atoms with Crippen LogP contribution in [-0.2, 0) is 4.74 Å². The van der Waals surface area contributed by atoms with E-state index in [1.807, 2.05) is 31.2 Å². The quantitative estimate of drug-likeness (QED) is 0.861. The molecular formula is C18H21ClN4O2. The van der Waals surface area contributed by atoms with Crippen molar-refractivity contribution in [2.24, 2.45) is 5.92 Å². The molecule has 1 aliphatic heterocycles. The molecule has 0 aliphatic carbocycles. The van der Waals surface area contributed by atoms with Crippen LogP contribution in [0.1, 0.15) is 32.4 Å². The summed E-state index contributed by atoms with van der Waals surface area (Å²) in [5.74, 6) is 1.26. The zero-order valence-electron chi connectivity index (χ0n) is 14.4. The fourth-order valence-corrected chi connectivity index (χ4v) is 2.99. The Bertz CT molecular complexity index is 768. The molecule has 6 nitrogen and oxygen atoms in total. The van der Waals surface area contributed by atoms with Crippen LogP contribution in [0.2, 0.25) is 5.02 Å². The highest BCUT2D eigenvalue weighted by Crippen LogP contribution is 2.27. The van der Waals surface area contributed by atoms with Crippen molar-refractivity contribution in [2.45, 2.75) is 32.9 Å². The summed E-state index contributed by atoms with van der Waals surface area (Å²) >= 11 is 6.05. The van der Waals surface area contributed by atoms with Gasteiger partial charge in [-0.25, -0.2) is 9.78 Å². The summed E-state index contributed by atoms with van der Waals surface area (Å²) in [6, 6.07) is 9.29. The monoisotopic (exact) mass is 360 g/mol. The Morgan fingerprint density at radius 2 is 2.12 bits per heavy atom. The van der Waals surface area contributed by atoms with Crippen molar-refractivity contribution in [1.29, 1.82) is 0 Å². The molecule has 1 N–H and O–H groups in total. The van der Waals surface area contributed by atoms with Gasteiger partial charge in [0.05, 0.1) is 12.1 Å². The zero-order chi connectivity index (χ0) is 18.0. The molecule has 132 valence electrons. The van der Waals surface area contributed by atoms with Crippen LogP contribution >= 0.6 is 11.6 Å². The Kier molecular flexibility index (Phi) is 5.08. The van der Waals surface area contributed by atoms with Gasteiger partial charge in [0.25, 0.3) is 0 Å². The van der Waals surface area contributed by atoms with Crippen LogP contribution in [0.3, 0.4) is 0 Å². The first-order valence-electron chi connectivity index (χ1n) is 8.26. The maximum Gasteiger partial charge on any atom is 0.415 e. The second-order valence-electron chi connectivity index (χ2n) is 6.42. The van der Waals surface area contributed by atoms with Gasteiger partial charge in [-0.1, -0.05) is 37.6 Å². The summed E-state index contributed by atoms with van der Waals surface area (Å²) in [5, 5.41) is 3.93. The number of hydrogen-bond acceptors (Lipinski definition) is 5. The normalized spacial score (nSPS) is 18.4. The van der Waals surface area contributed by atoms with Gasteiger partial charge in [-0.2, -0.15) is 4.98 Å². The van der Waals surface area contributed by atoms with Gasteiger partial charge < -0.3 is 10.1 Å². The van der Waals surface area contributed by atoms with E-state index in [1.165, 1.54) is 0 Å². The topological polar surface area (TPSA) is 67.4 Å². The highest BCUT2D eigenvalue weighted by Gasteiger charge is 2.37. The number of rotatable bonds is 5. The third-order valence-corrected chi connectivity index (χ3v) is 4.49. The highest BCUT2D eigenvalue weighted by molar-refractivity contribution is 6.30. The number of carbonyl (C=O) groups excluding carboxylic acids is 1. The molecule has 1 aliphatic rings.